The van der Waals surface area contributed by atoms with Crippen LogP contribution in [0.2, 0.25) is 0 Å². The number of nitrogens with one attached hydrogen (secondary N) is 1. The van der Waals surface area contributed by atoms with Gasteiger partial charge in [0.25, 0.3) is 5.91 Å². The molecule has 1 heterocycles. The lowest BCUT2D eigenvalue weighted by Crippen LogP contribution is -2.46. The molecule has 6 nitrogen and oxygen atoms in total. The number of amides is 1. The zero-order chi connectivity index (χ0) is 23.7. The van der Waals surface area contributed by atoms with Crippen molar-refractivity contribution in [2.45, 2.75) is 57.4 Å². The minimum absolute atomic E-state index is 0.0930. The van der Waals surface area contributed by atoms with E-state index in [1.54, 1.807) is 7.11 Å². The van der Waals surface area contributed by atoms with Crippen LogP contribution in [0.25, 0.3) is 21.2 Å². The van der Waals surface area contributed by atoms with Crippen LogP contribution in [0.15, 0.2) is 36.4 Å². The second-order valence-corrected chi connectivity index (χ2v) is 10.5. The quantitative estimate of drug-likeness (QED) is 0.456. The van der Waals surface area contributed by atoms with Gasteiger partial charge in [-0.25, -0.2) is 4.98 Å². The van der Waals surface area contributed by atoms with Gasteiger partial charge >= 0.3 is 5.97 Å². The van der Waals surface area contributed by atoms with E-state index in [1.165, 1.54) is 43.4 Å². The maximum atomic E-state index is 13.0. The molecule has 0 unspecified atom stereocenters. The van der Waals surface area contributed by atoms with E-state index in [2.05, 4.69) is 23.5 Å². The molecule has 0 radical (unpaired) electrons. The zero-order valence-electron chi connectivity index (χ0n) is 19.4. The largest absolute Gasteiger partial charge is 0.496 e. The Hall–Kier alpha value is -2.93. The summed E-state index contributed by atoms with van der Waals surface area (Å²) in [6.45, 7) is 0. The molecule has 5 rings (SSSR count). The molecule has 2 fully saturated rings. The van der Waals surface area contributed by atoms with Crippen molar-refractivity contribution in [1.29, 1.82) is 0 Å². The number of thiazole rings is 1. The first-order chi connectivity index (χ1) is 16.5. The van der Waals surface area contributed by atoms with Crippen LogP contribution in [0.3, 0.4) is 0 Å². The Kier molecular flexibility index (Phi) is 6.55. The van der Waals surface area contributed by atoms with Crippen molar-refractivity contribution in [1.82, 2.24) is 10.3 Å². The van der Waals surface area contributed by atoms with Crippen LogP contribution in [0.1, 0.15) is 60.4 Å². The fraction of sp³-hybridized carbons (Fsp3) is 0.444. The third-order valence-electron chi connectivity index (χ3n) is 7.27. The Labute approximate surface area is 203 Å². The van der Waals surface area contributed by atoms with E-state index in [0.29, 0.717) is 23.8 Å². The zero-order valence-corrected chi connectivity index (χ0v) is 20.2. The number of carbonyl (C=O) groups is 2. The Balaban J connectivity index is 1.48. The number of aromatic nitrogens is 1. The molecule has 2 aliphatic rings. The van der Waals surface area contributed by atoms with Gasteiger partial charge in [-0.3, -0.25) is 9.59 Å². The molecule has 2 aliphatic carbocycles. The Morgan fingerprint density at radius 1 is 1.09 bits per heavy atom. The summed E-state index contributed by atoms with van der Waals surface area (Å²) in [5, 5.41) is 14.7. The lowest BCUT2D eigenvalue weighted by Gasteiger charge is -2.32. The molecule has 3 aromatic rings. The van der Waals surface area contributed by atoms with Gasteiger partial charge in [0.2, 0.25) is 0 Å². The minimum atomic E-state index is -0.789. The number of carboxylic acids is 1. The highest BCUT2D eigenvalue weighted by atomic mass is 32.1. The summed E-state index contributed by atoms with van der Waals surface area (Å²) in [4.78, 5) is 30.0. The van der Waals surface area contributed by atoms with Crippen molar-refractivity contribution < 1.29 is 19.4 Å². The van der Waals surface area contributed by atoms with Crippen LogP contribution in [0.5, 0.6) is 5.75 Å². The highest BCUT2D eigenvalue weighted by Crippen LogP contribution is 2.40. The summed E-state index contributed by atoms with van der Waals surface area (Å²) in [5.74, 6) is 0.0762. The maximum Gasteiger partial charge on any atom is 0.306 e. The molecule has 0 atom stereocenters. The van der Waals surface area contributed by atoms with Gasteiger partial charge < -0.3 is 15.2 Å². The van der Waals surface area contributed by atoms with E-state index in [1.807, 2.05) is 18.2 Å². The fourth-order valence-electron chi connectivity index (χ4n) is 5.29. The van der Waals surface area contributed by atoms with Crippen LogP contribution in [-0.2, 0) is 11.2 Å². The van der Waals surface area contributed by atoms with E-state index in [9.17, 15) is 9.59 Å². The topological polar surface area (TPSA) is 88.5 Å². The SMILES string of the molecule is COc1ccc(-c2sc(C(=O)NC3CC(C(=O)O)C3)nc2CC2CCCCC2)c2ccccc12. The van der Waals surface area contributed by atoms with Crippen molar-refractivity contribution in [3.05, 3.63) is 47.1 Å². The first kappa shape index (κ1) is 22.8. The van der Waals surface area contributed by atoms with Crippen molar-refractivity contribution in [3.8, 4) is 16.2 Å². The third kappa shape index (κ3) is 4.53. The Morgan fingerprint density at radius 2 is 1.82 bits per heavy atom. The van der Waals surface area contributed by atoms with Crippen molar-refractivity contribution >= 4 is 34.0 Å². The standard InChI is InChI=1S/C27H30N2O4S/c1-33-23-12-11-21(19-9-5-6-10-20(19)23)24-22(13-16-7-3-2-4-8-16)29-26(34-24)25(30)28-18-14-17(15-18)27(31)32/h5-6,9-12,16-18H,2-4,7-8,13-15H2,1H3,(H,28,30)(H,31,32). The number of benzene rings is 2. The number of methoxy groups -OCH3 is 1. The van der Waals surface area contributed by atoms with Crippen LogP contribution in [0, 0.1) is 11.8 Å². The monoisotopic (exact) mass is 478 g/mol. The van der Waals surface area contributed by atoms with Crippen molar-refractivity contribution in [2.75, 3.05) is 7.11 Å². The molecule has 7 heteroatoms. The average Bonchev–Trinajstić information content (AvgIpc) is 3.24. The van der Waals surface area contributed by atoms with Gasteiger partial charge in [-0.05, 0) is 42.7 Å². The summed E-state index contributed by atoms with van der Waals surface area (Å²) < 4.78 is 5.58. The molecule has 2 aromatic carbocycles. The predicted octanol–water partition coefficient (Wildman–Crippen LogP) is 5.69. The highest BCUT2D eigenvalue weighted by Gasteiger charge is 2.36. The lowest BCUT2D eigenvalue weighted by molar-refractivity contribution is -0.145. The van der Waals surface area contributed by atoms with E-state index in [-0.39, 0.29) is 17.9 Å². The summed E-state index contributed by atoms with van der Waals surface area (Å²) in [7, 11) is 1.68. The van der Waals surface area contributed by atoms with Crippen molar-refractivity contribution in [3.63, 3.8) is 0 Å². The van der Waals surface area contributed by atoms with E-state index < -0.39 is 5.97 Å². The van der Waals surface area contributed by atoms with Crippen LogP contribution >= 0.6 is 11.3 Å². The maximum absolute atomic E-state index is 13.0. The highest BCUT2D eigenvalue weighted by molar-refractivity contribution is 7.17. The number of carbonyl (C=O) groups excluding carboxylic acids is 1. The molecule has 1 aromatic heterocycles. The van der Waals surface area contributed by atoms with Crippen molar-refractivity contribution in [2.24, 2.45) is 11.8 Å². The van der Waals surface area contributed by atoms with Gasteiger partial charge in [-0.2, -0.15) is 0 Å². The third-order valence-corrected chi connectivity index (χ3v) is 8.40. The number of rotatable bonds is 7. The van der Waals surface area contributed by atoms with Gasteiger partial charge in [-0.15, -0.1) is 11.3 Å². The molecular formula is C27H30N2O4S. The first-order valence-electron chi connectivity index (χ1n) is 12.1. The van der Waals surface area contributed by atoms with E-state index >= 15 is 0 Å². The Morgan fingerprint density at radius 3 is 2.53 bits per heavy atom. The molecule has 0 spiro atoms. The van der Waals surface area contributed by atoms with Gasteiger partial charge in [0.05, 0.1) is 23.6 Å². The van der Waals surface area contributed by atoms with Crippen LogP contribution in [0.4, 0.5) is 0 Å². The molecule has 2 saturated carbocycles. The lowest BCUT2D eigenvalue weighted by atomic mass is 9.80. The van der Waals surface area contributed by atoms with Gasteiger partial charge in [0, 0.05) is 17.0 Å². The molecule has 0 aliphatic heterocycles. The molecule has 2 N–H and O–H groups in total. The van der Waals surface area contributed by atoms with E-state index in [0.717, 1.165) is 39.1 Å². The number of carboxylic acid groups (broad SMARTS) is 1. The van der Waals surface area contributed by atoms with Gasteiger partial charge in [0.15, 0.2) is 5.01 Å². The number of hydrogen-bond donors (Lipinski definition) is 2. The number of hydrogen-bond acceptors (Lipinski definition) is 5. The molecule has 0 bridgehead atoms. The molecule has 34 heavy (non-hydrogen) atoms. The number of nitrogens with zero attached hydrogens (tertiary/aromatic N) is 1. The summed E-state index contributed by atoms with van der Waals surface area (Å²) in [6.07, 6.45) is 8.08. The molecule has 0 saturated heterocycles. The molecule has 178 valence electrons. The minimum Gasteiger partial charge on any atom is -0.496 e. The summed E-state index contributed by atoms with van der Waals surface area (Å²) in [5.41, 5.74) is 2.07. The van der Waals surface area contributed by atoms with Gasteiger partial charge in [-0.1, -0.05) is 56.4 Å². The summed E-state index contributed by atoms with van der Waals surface area (Å²) >= 11 is 1.44. The normalized spacial score (nSPS) is 20.6. The number of aliphatic carboxylic acids is 1. The Bertz CT molecular complexity index is 1210. The number of ether oxygens (including phenoxy) is 1. The van der Waals surface area contributed by atoms with Crippen LogP contribution in [-0.4, -0.2) is 35.1 Å². The second kappa shape index (κ2) is 9.74. The number of fused-ring (bicyclic) bond motifs is 1. The molecular weight excluding hydrogens is 448 g/mol. The van der Waals surface area contributed by atoms with Crippen LogP contribution < -0.4 is 10.1 Å². The smallest absolute Gasteiger partial charge is 0.306 e. The van der Waals surface area contributed by atoms with Gasteiger partial charge in [0.1, 0.15) is 5.75 Å². The predicted molar refractivity (Wildman–Crippen MR) is 134 cm³/mol. The second-order valence-electron chi connectivity index (χ2n) is 9.54. The molecule has 1 amide bonds. The fourth-order valence-corrected chi connectivity index (χ4v) is 6.33. The summed E-state index contributed by atoms with van der Waals surface area (Å²) in [6, 6.07) is 12.2. The van der Waals surface area contributed by atoms with E-state index in [4.69, 9.17) is 14.8 Å². The average molecular weight is 479 g/mol. The first-order valence-corrected chi connectivity index (χ1v) is 12.9.